The highest BCUT2D eigenvalue weighted by molar-refractivity contribution is 5.91. The summed E-state index contributed by atoms with van der Waals surface area (Å²) in [6.07, 6.45) is 3.36. The molecule has 5 heteroatoms. The van der Waals surface area contributed by atoms with Gasteiger partial charge in [0.2, 0.25) is 5.91 Å². The lowest BCUT2D eigenvalue weighted by Gasteiger charge is -2.04. The van der Waals surface area contributed by atoms with E-state index < -0.39 is 5.82 Å². The van der Waals surface area contributed by atoms with Crippen LogP contribution in [0.25, 0.3) is 0 Å². The Morgan fingerprint density at radius 1 is 1.53 bits per heavy atom. The number of nitrogens with one attached hydrogen (secondary N) is 2. The zero-order valence-corrected chi connectivity index (χ0v) is 8.16. The first kappa shape index (κ1) is 10.0. The number of anilines is 1. The van der Waals surface area contributed by atoms with Gasteiger partial charge in [-0.05, 0) is 25.0 Å². The fourth-order valence-corrected chi connectivity index (χ4v) is 1.16. The molecule has 1 amide bonds. The van der Waals surface area contributed by atoms with E-state index in [2.05, 4.69) is 15.6 Å². The van der Waals surface area contributed by atoms with E-state index in [0.29, 0.717) is 11.9 Å². The highest BCUT2D eigenvalue weighted by Crippen LogP contribution is 2.18. The number of carbonyl (C=O) groups excluding carboxylic acids is 1. The maximum absolute atomic E-state index is 12.5. The average molecular weight is 209 g/mol. The summed E-state index contributed by atoms with van der Waals surface area (Å²) in [4.78, 5) is 15.0. The van der Waals surface area contributed by atoms with Crippen molar-refractivity contribution in [3.63, 3.8) is 0 Å². The van der Waals surface area contributed by atoms with Gasteiger partial charge in [0.05, 0.1) is 12.7 Å². The molecule has 0 aliphatic heterocycles. The van der Waals surface area contributed by atoms with Crippen molar-refractivity contribution in [2.75, 3.05) is 11.9 Å². The highest BCUT2D eigenvalue weighted by Gasteiger charge is 2.21. The van der Waals surface area contributed by atoms with Crippen LogP contribution >= 0.6 is 0 Å². The second-order valence-corrected chi connectivity index (χ2v) is 3.57. The molecule has 0 aromatic carbocycles. The Balaban J connectivity index is 1.79. The van der Waals surface area contributed by atoms with E-state index >= 15 is 0 Å². The Kier molecular flexibility index (Phi) is 2.91. The van der Waals surface area contributed by atoms with Crippen LogP contribution in [0.5, 0.6) is 0 Å². The van der Waals surface area contributed by atoms with Gasteiger partial charge in [0.15, 0.2) is 0 Å². The third kappa shape index (κ3) is 3.28. The zero-order chi connectivity index (χ0) is 10.7. The van der Waals surface area contributed by atoms with Crippen molar-refractivity contribution in [1.29, 1.82) is 0 Å². The Morgan fingerprint density at radius 3 is 2.93 bits per heavy atom. The molecular weight excluding hydrogens is 197 g/mol. The molecule has 0 radical (unpaired) electrons. The number of pyridine rings is 1. The molecule has 80 valence electrons. The van der Waals surface area contributed by atoms with Crippen molar-refractivity contribution in [2.24, 2.45) is 0 Å². The molecule has 4 nitrogen and oxygen atoms in total. The quantitative estimate of drug-likeness (QED) is 0.775. The number of carbonyl (C=O) groups is 1. The summed E-state index contributed by atoms with van der Waals surface area (Å²) >= 11 is 0. The molecule has 0 bridgehead atoms. The SMILES string of the molecule is O=C(CNC1CC1)Nc1ccc(F)cn1. The standard InChI is InChI=1S/C10H12FN3O/c11-7-1-4-9(13-5-7)14-10(15)6-12-8-2-3-8/h1,4-5,8,12H,2-3,6H2,(H,13,14,15). The third-order valence-corrected chi connectivity index (χ3v) is 2.12. The summed E-state index contributed by atoms with van der Waals surface area (Å²) < 4.78 is 12.5. The minimum Gasteiger partial charge on any atom is -0.310 e. The molecule has 0 atom stereocenters. The van der Waals surface area contributed by atoms with Gasteiger partial charge in [0.1, 0.15) is 11.6 Å². The Hall–Kier alpha value is -1.49. The monoisotopic (exact) mass is 209 g/mol. The molecule has 15 heavy (non-hydrogen) atoms. The van der Waals surface area contributed by atoms with Gasteiger partial charge in [-0.25, -0.2) is 9.37 Å². The normalized spacial score (nSPS) is 15.0. The summed E-state index contributed by atoms with van der Waals surface area (Å²) in [5.41, 5.74) is 0. The number of amides is 1. The van der Waals surface area contributed by atoms with Crippen molar-refractivity contribution in [3.05, 3.63) is 24.1 Å². The Bertz CT molecular complexity index is 348. The van der Waals surface area contributed by atoms with Gasteiger partial charge in [-0.2, -0.15) is 0 Å². The van der Waals surface area contributed by atoms with Crippen molar-refractivity contribution >= 4 is 11.7 Å². The van der Waals surface area contributed by atoms with E-state index in [1.54, 1.807) is 0 Å². The molecule has 0 saturated heterocycles. The summed E-state index contributed by atoms with van der Waals surface area (Å²) in [6, 6.07) is 3.19. The van der Waals surface area contributed by atoms with Crippen molar-refractivity contribution < 1.29 is 9.18 Å². The Morgan fingerprint density at radius 2 is 2.33 bits per heavy atom. The van der Waals surface area contributed by atoms with E-state index in [1.807, 2.05) is 0 Å². The second-order valence-electron chi connectivity index (χ2n) is 3.57. The highest BCUT2D eigenvalue weighted by atomic mass is 19.1. The predicted molar refractivity (Wildman–Crippen MR) is 53.8 cm³/mol. The van der Waals surface area contributed by atoms with Gasteiger partial charge in [-0.1, -0.05) is 0 Å². The molecule has 2 N–H and O–H groups in total. The van der Waals surface area contributed by atoms with Gasteiger partial charge in [-0.15, -0.1) is 0 Å². The third-order valence-electron chi connectivity index (χ3n) is 2.12. The molecule has 1 aromatic heterocycles. The number of rotatable bonds is 4. The lowest BCUT2D eigenvalue weighted by atomic mass is 10.4. The first-order chi connectivity index (χ1) is 7.24. The number of hydrogen-bond donors (Lipinski definition) is 2. The van der Waals surface area contributed by atoms with E-state index in [4.69, 9.17) is 0 Å². The van der Waals surface area contributed by atoms with Crippen LogP contribution in [-0.4, -0.2) is 23.5 Å². The number of hydrogen-bond acceptors (Lipinski definition) is 3. The van der Waals surface area contributed by atoms with Crippen LogP contribution in [-0.2, 0) is 4.79 Å². The number of aromatic nitrogens is 1. The van der Waals surface area contributed by atoms with Crippen LogP contribution in [0.1, 0.15) is 12.8 Å². The molecule has 1 saturated carbocycles. The molecular formula is C10H12FN3O. The molecule has 1 fully saturated rings. The van der Waals surface area contributed by atoms with E-state index in [9.17, 15) is 9.18 Å². The molecule has 0 spiro atoms. The second kappa shape index (κ2) is 4.35. The first-order valence-corrected chi connectivity index (χ1v) is 4.89. The van der Waals surface area contributed by atoms with Crippen LogP contribution in [0.15, 0.2) is 18.3 Å². The van der Waals surface area contributed by atoms with Gasteiger partial charge < -0.3 is 10.6 Å². The summed E-state index contributed by atoms with van der Waals surface area (Å²) in [5, 5.41) is 5.65. The lowest BCUT2D eigenvalue weighted by Crippen LogP contribution is -2.29. The van der Waals surface area contributed by atoms with Crippen LogP contribution in [0, 0.1) is 5.82 Å². The van der Waals surface area contributed by atoms with Gasteiger partial charge in [0, 0.05) is 6.04 Å². The van der Waals surface area contributed by atoms with Crippen molar-refractivity contribution in [1.82, 2.24) is 10.3 Å². The molecule has 1 aromatic rings. The first-order valence-electron chi connectivity index (χ1n) is 4.89. The number of halogens is 1. The lowest BCUT2D eigenvalue weighted by molar-refractivity contribution is -0.115. The van der Waals surface area contributed by atoms with E-state index in [-0.39, 0.29) is 12.5 Å². The van der Waals surface area contributed by atoms with Crippen molar-refractivity contribution in [2.45, 2.75) is 18.9 Å². The van der Waals surface area contributed by atoms with Gasteiger partial charge >= 0.3 is 0 Å². The van der Waals surface area contributed by atoms with Gasteiger partial charge in [0.25, 0.3) is 0 Å². The predicted octanol–water partition coefficient (Wildman–Crippen LogP) is 0.911. The van der Waals surface area contributed by atoms with Crippen LogP contribution < -0.4 is 10.6 Å². The summed E-state index contributed by atoms with van der Waals surface area (Å²) in [6.45, 7) is 0.281. The van der Waals surface area contributed by atoms with Crippen LogP contribution in [0.2, 0.25) is 0 Å². The van der Waals surface area contributed by atoms with Gasteiger partial charge in [-0.3, -0.25) is 4.79 Å². The van der Waals surface area contributed by atoms with E-state index in [1.165, 1.54) is 12.1 Å². The fraction of sp³-hybridized carbons (Fsp3) is 0.400. The maximum Gasteiger partial charge on any atom is 0.239 e. The molecule has 1 aliphatic carbocycles. The summed E-state index contributed by atoms with van der Waals surface area (Å²) in [7, 11) is 0. The minimum atomic E-state index is -0.413. The van der Waals surface area contributed by atoms with Crippen LogP contribution in [0.4, 0.5) is 10.2 Å². The number of nitrogens with zero attached hydrogens (tertiary/aromatic N) is 1. The molecule has 0 unspecified atom stereocenters. The van der Waals surface area contributed by atoms with Crippen molar-refractivity contribution in [3.8, 4) is 0 Å². The zero-order valence-electron chi connectivity index (χ0n) is 8.16. The molecule has 1 aliphatic rings. The molecule has 1 heterocycles. The minimum absolute atomic E-state index is 0.152. The maximum atomic E-state index is 12.5. The Labute approximate surface area is 86.9 Å². The fourth-order valence-electron chi connectivity index (χ4n) is 1.16. The van der Waals surface area contributed by atoms with E-state index in [0.717, 1.165) is 19.0 Å². The topological polar surface area (TPSA) is 54.0 Å². The van der Waals surface area contributed by atoms with Crippen LogP contribution in [0.3, 0.4) is 0 Å². The molecule has 2 rings (SSSR count). The average Bonchev–Trinajstić information content (AvgIpc) is 3.02. The summed E-state index contributed by atoms with van der Waals surface area (Å²) in [5.74, 6) is -0.191. The largest absolute Gasteiger partial charge is 0.310 e. The smallest absolute Gasteiger partial charge is 0.239 e.